The third-order valence-electron chi connectivity index (χ3n) is 4.47. The van der Waals surface area contributed by atoms with Crippen molar-refractivity contribution in [1.82, 2.24) is 19.8 Å². The van der Waals surface area contributed by atoms with Crippen LogP contribution in [0.15, 0.2) is 6.20 Å². The van der Waals surface area contributed by atoms with E-state index in [0.29, 0.717) is 25.6 Å². The molecule has 0 saturated carbocycles. The maximum atomic E-state index is 12.7. The molecule has 2 fully saturated rings. The first kappa shape index (κ1) is 14.5. The van der Waals surface area contributed by atoms with E-state index in [9.17, 15) is 4.79 Å². The minimum atomic E-state index is -0.123. The van der Waals surface area contributed by atoms with Gasteiger partial charge in [-0.2, -0.15) is 0 Å². The third-order valence-corrected chi connectivity index (χ3v) is 4.47. The number of nitrogens with one attached hydrogen (secondary N) is 1. The van der Waals surface area contributed by atoms with Gasteiger partial charge in [-0.15, -0.1) is 0 Å². The van der Waals surface area contributed by atoms with E-state index < -0.39 is 0 Å². The van der Waals surface area contributed by atoms with Crippen molar-refractivity contribution in [1.29, 1.82) is 0 Å². The summed E-state index contributed by atoms with van der Waals surface area (Å²) in [4.78, 5) is 24.5. The number of imidazole rings is 1. The van der Waals surface area contributed by atoms with Gasteiger partial charge in [-0.05, 0) is 39.9 Å². The van der Waals surface area contributed by atoms with Crippen LogP contribution in [0, 0.1) is 12.8 Å². The van der Waals surface area contributed by atoms with Crippen LogP contribution in [0.2, 0.25) is 0 Å². The molecule has 116 valence electrons. The Bertz CT molecular complexity index is 494. The van der Waals surface area contributed by atoms with Gasteiger partial charge in [0.25, 0.3) is 0 Å². The highest BCUT2D eigenvalue weighted by Gasteiger charge is 2.32. The zero-order valence-electron chi connectivity index (χ0n) is 12.8. The van der Waals surface area contributed by atoms with Crippen molar-refractivity contribution < 1.29 is 9.53 Å². The molecule has 2 aliphatic heterocycles. The van der Waals surface area contributed by atoms with E-state index >= 15 is 0 Å². The van der Waals surface area contributed by atoms with Crippen molar-refractivity contribution in [2.24, 2.45) is 5.92 Å². The number of rotatable bonds is 2. The van der Waals surface area contributed by atoms with Crippen LogP contribution in [0.1, 0.15) is 30.5 Å². The molecule has 1 unspecified atom stereocenters. The number of likely N-dealkylation sites (tertiary alicyclic amines) is 1. The van der Waals surface area contributed by atoms with Crippen LogP contribution < -0.4 is 0 Å². The number of morpholine rings is 1. The van der Waals surface area contributed by atoms with E-state index in [-0.39, 0.29) is 12.0 Å². The summed E-state index contributed by atoms with van der Waals surface area (Å²) in [6, 6.07) is 0. The van der Waals surface area contributed by atoms with Gasteiger partial charge in [-0.25, -0.2) is 4.98 Å². The van der Waals surface area contributed by atoms with Gasteiger partial charge in [0.15, 0.2) is 0 Å². The Morgan fingerprint density at radius 3 is 2.81 bits per heavy atom. The van der Waals surface area contributed by atoms with E-state index in [2.05, 4.69) is 21.9 Å². The fourth-order valence-electron chi connectivity index (χ4n) is 3.13. The quantitative estimate of drug-likeness (QED) is 0.882. The molecule has 1 aromatic heterocycles. The highest BCUT2D eigenvalue weighted by Crippen LogP contribution is 2.24. The summed E-state index contributed by atoms with van der Waals surface area (Å²) in [6.07, 6.45) is 3.62. The maximum absolute atomic E-state index is 12.7. The largest absolute Gasteiger partial charge is 0.367 e. The molecule has 21 heavy (non-hydrogen) atoms. The lowest BCUT2D eigenvalue weighted by Crippen LogP contribution is -2.47. The lowest BCUT2D eigenvalue weighted by Gasteiger charge is -2.36. The second-order valence-corrected chi connectivity index (χ2v) is 6.17. The molecular formula is C15H24N4O2. The summed E-state index contributed by atoms with van der Waals surface area (Å²) in [5, 5.41) is 0. The van der Waals surface area contributed by atoms with Crippen LogP contribution in [0.5, 0.6) is 0 Å². The topological polar surface area (TPSA) is 61.5 Å². The molecule has 2 saturated heterocycles. The first-order valence-electron chi connectivity index (χ1n) is 7.74. The Labute approximate surface area is 125 Å². The van der Waals surface area contributed by atoms with Crippen molar-refractivity contribution in [3.63, 3.8) is 0 Å². The number of nitrogens with zero attached hydrogens (tertiary/aromatic N) is 3. The van der Waals surface area contributed by atoms with Gasteiger partial charge < -0.3 is 19.5 Å². The van der Waals surface area contributed by atoms with E-state index in [1.807, 2.05) is 11.8 Å². The number of carbonyl (C=O) groups is 1. The minimum absolute atomic E-state index is 0.123. The fourth-order valence-corrected chi connectivity index (χ4v) is 3.13. The molecule has 2 aliphatic rings. The Morgan fingerprint density at radius 2 is 2.14 bits per heavy atom. The Hall–Kier alpha value is -1.40. The SMILES string of the molecule is Cc1cnc(C2CN(C(=O)C3CCN(C)CC3)CCO2)[nH]1. The monoisotopic (exact) mass is 292 g/mol. The molecule has 0 spiro atoms. The number of hydrogen-bond acceptors (Lipinski definition) is 4. The van der Waals surface area contributed by atoms with Crippen molar-refractivity contribution in [2.75, 3.05) is 39.8 Å². The lowest BCUT2D eigenvalue weighted by atomic mass is 9.95. The number of hydrogen-bond donors (Lipinski definition) is 1. The van der Waals surface area contributed by atoms with Crippen molar-refractivity contribution in [3.05, 3.63) is 17.7 Å². The normalized spacial score (nSPS) is 25.2. The predicted octanol–water partition coefficient (Wildman–Crippen LogP) is 0.960. The predicted molar refractivity (Wildman–Crippen MR) is 78.8 cm³/mol. The lowest BCUT2D eigenvalue weighted by molar-refractivity contribution is -0.145. The smallest absolute Gasteiger partial charge is 0.225 e. The van der Waals surface area contributed by atoms with Gasteiger partial charge in [0.05, 0.1) is 13.2 Å². The summed E-state index contributed by atoms with van der Waals surface area (Å²) in [5.41, 5.74) is 1.02. The molecule has 0 radical (unpaired) electrons. The number of carbonyl (C=O) groups excluding carboxylic acids is 1. The van der Waals surface area contributed by atoms with Crippen molar-refractivity contribution >= 4 is 5.91 Å². The van der Waals surface area contributed by atoms with Gasteiger partial charge >= 0.3 is 0 Å². The van der Waals surface area contributed by atoms with Gasteiger partial charge in [0.1, 0.15) is 11.9 Å². The highest BCUT2D eigenvalue weighted by atomic mass is 16.5. The molecule has 1 atom stereocenters. The molecule has 0 bridgehead atoms. The summed E-state index contributed by atoms with van der Waals surface area (Å²) >= 11 is 0. The van der Waals surface area contributed by atoms with Crippen LogP contribution in [0.25, 0.3) is 0 Å². The fraction of sp³-hybridized carbons (Fsp3) is 0.733. The third kappa shape index (κ3) is 3.27. The number of aromatic nitrogens is 2. The summed E-state index contributed by atoms with van der Waals surface area (Å²) in [5.74, 6) is 1.30. The van der Waals surface area contributed by atoms with Crippen LogP contribution in [-0.4, -0.2) is 65.5 Å². The molecule has 0 aromatic carbocycles. The summed E-state index contributed by atoms with van der Waals surface area (Å²) in [6.45, 7) is 5.89. The van der Waals surface area contributed by atoms with E-state index in [4.69, 9.17) is 4.74 Å². The highest BCUT2D eigenvalue weighted by molar-refractivity contribution is 5.79. The molecular weight excluding hydrogens is 268 g/mol. The molecule has 0 aliphatic carbocycles. The average molecular weight is 292 g/mol. The molecule has 1 amide bonds. The van der Waals surface area contributed by atoms with Gasteiger partial charge in [-0.1, -0.05) is 0 Å². The number of amides is 1. The first-order valence-corrected chi connectivity index (χ1v) is 7.74. The standard InChI is InChI=1S/C15H24N4O2/c1-11-9-16-14(17-11)13-10-19(7-8-21-13)15(20)12-3-5-18(2)6-4-12/h9,12-13H,3-8,10H2,1-2H3,(H,16,17). The second-order valence-electron chi connectivity index (χ2n) is 6.17. The van der Waals surface area contributed by atoms with Crippen LogP contribution in [0.3, 0.4) is 0 Å². The number of aryl methyl sites for hydroxylation is 1. The second kappa shape index (κ2) is 6.15. The zero-order valence-corrected chi connectivity index (χ0v) is 12.8. The van der Waals surface area contributed by atoms with Crippen molar-refractivity contribution in [2.45, 2.75) is 25.9 Å². The Balaban J connectivity index is 1.61. The van der Waals surface area contributed by atoms with Gasteiger partial charge in [-0.3, -0.25) is 4.79 Å². The van der Waals surface area contributed by atoms with E-state index in [0.717, 1.165) is 37.4 Å². The van der Waals surface area contributed by atoms with Gasteiger partial charge in [0, 0.05) is 24.4 Å². The van der Waals surface area contributed by atoms with Crippen LogP contribution >= 0.6 is 0 Å². The van der Waals surface area contributed by atoms with Gasteiger partial charge in [0.2, 0.25) is 5.91 Å². The molecule has 1 N–H and O–H groups in total. The summed E-state index contributed by atoms with van der Waals surface area (Å²) < 4.78 is 5.77. The maximum Gasteiger partial charge on any atom is 0.225 e. The molecule has 1 aromatic rings. The average Bonchev–Trinajstić information content (AvgIpc) is 2.94. The van der Waals surface area contributed by atoms with Crippen LogP contribution in [0.4, 0.5) is 0 Å². The zero-order chi connectivity index (χ0) is 14.8. The van der Waals surface area contributed by atoms with Crippen molar-refractivity contribution in [3.8, 4) is 0 Å². The first-order chi connectivity index (χ1) is 10.1. The van der Waals surface area contributed by atoms with Crippen LogP contribution in [-0.2, 0) is 9.53 Å². The minimum Gasteiger partial charge on any atom is -0.367 e. The Morgan fingerprint density at radius 1 is 1.38 bits per heavy atom. The molecule has 6 nitrogen and oxygen atoms in total. The molecule has 3 heterocycles. The Kier molecular flexibility index (Phi) is 4.26. The number of aromatic amines is 1. The number of H-pyrrole nitrogens is 1. The number of piperidine rings is 1. The molecule has 3 rings (SSSR count). The molecule has 6 heteroatoms. The number of ether oxygens (including phenoxy) is 1. The summed E-state index contributed by atoms with van der Waals surface area (Å²) in [7, 11) is 2.12. The van der Waals surface area contributed by atoms with E-state index in [1.54, 1.807) is 6.20 Å². The van der Waals surface area contributed by atoms with E-state index in [1.165, 1.54) is 0 Å².